The fourth-order valence-corrected chi connectivity index (χ4v) is 3.41. The van der Waals surface area contributed by atoms with E-state index < -0.39 is 22.8 Å². The lowest BCUT2D eigenvalue weighted by molar-refractivity contribution is -0.187. The van der Waals surface area contributed by atoms with Crippen LogP contribution in [0.3, 0.4) is 0 Å². The normalized spacial score (nSPS) is 16.3. The summed E-state index contributed by atoms with van der Waals surface area (Å²) in [7, 11) is 0. The Labute approximate surface area is 142 Å². The lowest BCUT2D eigenvalue weighted by atomic mass is 9.60. The number of carboxylic acid groups (broad SMARTS) is 1. The fourth-order valence-electron chi connectivity index (χ4n) is 3.41. The van der Waals surface area contributed by atoms with Crippen molar-refractivity contribution in [3.05, 3.63) is 0 Å². The van der Waals surface area contributed by atoms with Gasteiger partial charge in [-0.3, -0.25) is 9.59 Å². The van der Waals surface area contributed by atoms with Gasteiger partial charge in [0.1, 0.15) is 6.10 Å². The molecule has 0 aliphatic heterocycles. The first-order valence-corrected chi connectivity index (χ1v) is 8.85. The molecule has 0 aliphatic rings. The van der Waals surface area contributed by atoms with E-state index in [4.69, 9.17) is 4.74 Å². The number of carbonyl (C=O) groups is 2. The van der Waals surface area contributed by atoms with Crippen LogP contribution in [0, 0.1) is 22.7 Å². The Morgan fingerprint density at radius 3 is 1.87 bits per heavy atom. The molecular weight excluding hydrogens is 292 g/mol. The van der Waals surface area contributed by atoms with Crippen molar-refractivity contribution in [2.24, 2.45) is 22.7 Å². The number of ether oxygens (including phenoxy) is 1. The van der Waals surface area contributed by atoms with Crippen molar-refractivity contribution >= 4 is 11.9 Å². The lowest BCUT2D eigenvalue weighted by Crippen LogP contribution is -2.54. The highest BCUT2D eigenvalue weighted by Crippen LogP contribution is 2.46. The summed E-state index contributed by atoms with van der Waals surface area (Å²) < 4.78 is 5.68. The van der Waals surface area contributed by atoms with Crippen molar-refractivity contribution in [3.8, 4) is 0 Å². The summed E-state index contributed by atoms with van der Waals surface area (Å²) in [6.07, 6.45) is 3.36. The number of aliphatic carboxylic acids is 1. The number of hydrogen-bond acceptors (Lipinski definition) is 3. The van der Waals surface area contributed by atoms with Gasteiger partial charge in [-0.2, -0.15) is 0 Å². The summed E-state index contributed by atoms with van der Waals surface area (Å²) in [5.41, 5.74) is -2.25. The second-order valence-electron chi connectivity index (χ2n) is 8.28. The smallest absolute Gasteiger partial charge is 0.324 e. The maximum Gasteiger partial charge on any atom is 0.324 e. The maximum absolute atomic E-state index is 12.9. The standard InChI is InChI=1S/C19H36O4/c1-9-15(12-10-11-13(2)3)23-17(22)19(14(4)5,16(20)21)18(6,7)8/h13-15H,9-12H2,1-8H3,(H,20,21). The second-order valence-corrected chi connectivity index (χ2v) is 8.28. The molecule has 0 aliphatic carbocycles. The summed E-state index contributed by atoms with van der Waals surface area (Å²) >= 11 is 0. The second kappa shape index (κ2) is 8.70. The molecule has 4 heteroatoms. The van der Waals surface area contributed by atoms with Crippen LogP contribution in [-0.4, -0.2) is 23.1 Å². The van der Waals surface area contributed by atoms with Gasteiger partial charge in [0, 0.05) is 0 Å². The topological polar surface area (TPSA) is 63.6 Å². The Bertz CT molecular complexity index is 393. The highest BCUT2D eigenvalue weighted by atomic mass is 16.5. The molecule has 0 aromatic heterocycles. The van der Waals surface area contributed by atoms with Crippen molar-refractivity contribution < 1.29 is 19.4 Å². The third-order valence-electron chi connectivity index (χ3n) is 4.74. The predicted molar refractivity (Wildman–Crippen MR) is 93.2 cm³/mol. The van der Waals surface area contributed by atoms with Gasteiger partial charge in [0.25, 0.3) is 0 Å². The van der Waals surface area contributed by atoms with Crippen LogP contribution in [0.1, 0.15) is 81.1 Å². The summed E-state index contributed by atoms with van der Waals surface area (Å²) in [4.78, 5) is 24.9. The molecule has 0 saturated heterocycles. The van der Waals surface area contributed by atoms with Gasteiger partial charge >= 0.3 is 11.9 Å². The zero-order valence-corrected chi connectivity index (χ0v) is 16.2. The third-order valence-corrected chi connectivity index (χ3v) is 4.74. The van der Waals surface area contributed by atoms with Crippen LogP contribution in [0.25, 0.3) is 0 Å². The van der Waals surface area contributed by atoms with Gasteiger partial charge in [0.15, 0.2) is 5.41 Å². The summed E-state index contributed by atoms with van der Waals surface area (Å²) in [6, 6.07) is 0. The van der Waals surface area contributed by atoms with Gasteiger partial charge in [-0.05, 0) is 36.5 Å². The van der Waals surface area contributed by atoms with Gasteiger partial charge in [0.05, 0.1) is 0 Å². The molecule has 2 atom stereocenters. The maximum atomic E-state index is 12.9. The predicted octanol–water partition coefficient (Wildman–Crippen LogP) is 4.91. The van der Waals surface area contributed by atoms with Crippen LogP contribution in [0.4, 0.5) is 0 Å². The van der Waals surface area contributed by atoms with Crippen molar-refractivity contribution in [1.82, 2.24) is 0 Å². The molecule has 0 aromatic rings. The molecule has 1 N–H and O–H groups in total. The third kappa shape index (κ3) is 5.22. The number of carbonyl (C=O) groups excluding carboxylic acids is 1. The van der Waals surface area contributed by atoms with E-state index in [1.807, 2.05) is 6.92 Å². The molecule has 0 amide bonds. The number of rotatable bonds is 9. The zero-order chi connectivity index (χ0) is 18.4. The van der Waals surface area contributed by atoms with Crippen molar-refractivity contribution in [1.29, 1.82) is 0 Å². The van der Waals surface area contributed by atoms with Crippen LogP contribution in [0.5, 0.6) is 0 Å². The van der Waals surface area contributed by atoms with E-state index >= 15 is 0 Å². The van der Waals surface area contributed by atoms with Crippen molar-refractivity contribution in [2.75, 3.05) is 0 Å². The van der Waals surface area contributed by atoms with Gasteiger partial charge in [0.2, 0.25) is 0 Å². The first-order chi connectivity index (χ1) is 10.4. The van der Waals surface area contributed by atoms with E-state index in [-0.39, 0.29) is 12.0 Å². The Morgan fingerprint density at radius 1 is 1.04 bits per heavy atom. The van der Waals surface area contributed by atoms with E-state index in [2.05, 4.69) is 13.8 Å². The quantitative estimate of drug-likeness (QED) is 0.482. The monoisotopic (exact) mass is 328 g/mol. The SMILES string of the molecule is CCC(CCCC(C)C)OC(=O)C(C(=O)O)(C(C)C)C(C)(C)C. The van der Waals surface area contributed by atoms with E-state index in [9.17, 15) is 14.7 Å². The summed E-state index contributed by atoms with van der Waals surface area (Å²) in [6.45, 7) is 15.2. The molecule has 4 nitrogen and oxygen atoms in total. The molecule has 23 heavy (non-hydrogen) atoms. The highest BCUT2D eigenvalue weighted by molar-refractivity contribution is 6.00. The summed E-state index contributed by atoms with van der Waals surface area (Å²) in [5, 5.41) is 9.83. The van der Waals surface area contributed by atoms with Crippen LogP contribution < -0.4 is 0 Å². The van der Waals surface area contributed by atoms with Crippen molar-refractivity contribution in [3.63, 3.8) is 0 Å². The highest BCUT2D eigenvalue weighted by Gasteiger charge is 2.59. The van der Waals surface area contributed by atoms with Crippen molar-refractivity contribution in [2.45, 2.75) is 87.2 Å². The molecule has 0 radical (unpaired) electrons. The Balaban J connectivity index is 5.28. The van der Waals surface area contributed by atoms with E-state index in [0.29, 0.717) is 12.3 Å². The largest absolute Gasteiger partial charge is 0.480 e. The molecule has 0 fully saturated rings. The fraction of sp³-hybridized carbons (Fsp3) is 0.895. The number of hydrogen-bond donors (Lipinski definition) is 1. The van der Waals surface area contributed by atoms with Crippen LogP contribution in [0.15, 0.2) is 0 Å². The van der Waals surface area contributed by atoms with Crippen LogP contribution in [-0.2, 0) is 14.3 Å². The molecule has 0 heterocycles. The molecule has 0 spiro atoms. The van der Waals surface area contributed by atoms with Gasteiger partial charge in [-0.25, -0.2) is 0 Å². The molecule has 0 rings (SSSR count). The first kappa shape index (κ1) is 21.9. The lowest BCUT2D eigenvalue weighted by Gasteiger charge is -2.42. The molecule has 0 saturated carbocycles. The summed E-state index contributed by atoms with van der Waals surface area (Å²) in [5.74, 6) is -1.42. The number of esters is 1. The zero-order valence-electron chi connectivity index (χ0n) is 16.2. The van der Waals surface area contributed by atoms with Gasteiger partial charge in [-0.1, -0.05) is 61.8 Å². The minimum Gasteiger partial charge on any atom is -0.480 e. The van der Waals surface area contributed by atoms with E-state index in [1.54, 1.807) is 34.6 Å². The Hall–Kier alpha value is -1.06. The average Bonchev–Trinajstić information content (AvgIpc) is 2.34. The molecule has 136 valence electrons. The average molecular weight is 328 g/mol. The Morgan fingerprint density at radius 2 is 1.57 bits per heavy atom. The molecule has 0 aromatic carbocycles. The van der Waals surface area contributed by atoms with E-state index in [0.717, 1.165) is 19.3 Å². The first-order valence-electron chi connectivity index (χ1n) is 8.85. The number of carboxylic acids is 1. The molecular formula is C19H36O4. The van der Waals surface area contributed by atoms with Gasteiger partial charge in [-0.15, -0.1) is 0 Å². The van der Waals surface area contributed by atoms with Crippen LogP contribution in [0.2, 0.25) is 0 Å². The minimum absolute atomic E-state index is 0.207. The van der Waals surface area contributed by atoms with Crippen LogP contribution >= 0.6 is 0 Å². The van der Waals surface area contributed by atoms with Gasteiger partial charge < -0.3 is 9.84 Å². The Kier molecular flexibility index (Phi) is 8.30. The molecule has 0 bridgehead atoms. The van der Waals surface area contributed by atoms with E-state index in [1.165, 1.54) is 0 Å². The minimum atomic E-state index is -1.53. The molecule has 2 unspecified atom stereocenters.